The topological polar surface area (TPSA) is 0 Å². The molecule has 0 heterocycles. The van der Waals surface area contributed by atoms with E-state index in [0.717, 1.165) is 69.5 Å². The smallest absolute Gasteiger partial charge is 0.0201 e. The van der Waals surface area contributed by atoms with Crippen LogP contribution >= 0.6 is 0 Å². The van der Waals surface area contributed by atoms with E-state index in [1.165, 1.54) is 0 Å². The molecule has 0 radical (unpaired) electrons. The molecular weight excluding hydrogens is 288 g/mol. The van der Waals surface area contributed by atoms with E-state index in [1.54, 1.807) is 38.5 Å². The van der Waals surface area contributed by atoms with E-state index in [9.17, 15) is 0 Å². The molecule has 24 heavy (non-hydrogen) atoms. The highest BCUT2D eigenvalue weighted by Gasteiger charge is 2.91. The lowest BCUT2D eigenvalue weighted by Crippen LogP contribution is -2.76. The average Bonchev–Trinajstić information content (AvgIpc) is 3.29. The van der Waals surface area contributed by atoms with Crippen molar-refractivity contribution in [1.29, 1.82) is 0 Å². The summed E-state index contributed by atoms with van der Waals surface area (Å²) in [6.07, 6.45) is 9.50. The van der Waals surface area contributed by atoms with Gasteiger partial charge in [-0.05, 0) is 107 Å². The number of hydrogen-bond donors (Lipinski definition) is 0. The van der Waals surface area contributed by atoms with Crippen molar-refractivity contribution >= 4 is 0 Å². The van der Waals surface area contributed by atoms with Gasteiger partial charge in [-0.15, -0.1) is 0 Å². The van der Waals surface area contributed by atoms with Crippen molar-refractivity contribution in [2.24, 2.45) is 74.9 Å². The molecular formula is C24H36. The molecule has 13 unspecified atom stereocenters. The van der Waals surface area contributed by atoms with Crippen molar-refractivity contribution in [1.82, 2.24) is 0 Å². The third-order valence-corrected chi connectivity index (χ3v) is 13.6. The summed E-state index contributed by atoms with van der Waals surface area (Å²) in [5.41, 5.74) is 2.91. The molecule has 7 aliphatic rings. The van der Waals surface area contributed by atoms with Crippen LogP contribution in [0, 0.1) is 74.9 Å². The van der Waals surface area contributed by atoms with Crippen LogP contribution in [0.5, 0.6) is 0 Å². The standard InChI is InChI=1S/C24H36/c1-12-9-13-10-16(12)24(5)20-18-11-17(19(20)21(13,24)2)22(3)14-7-6-8-15(14)23(18,22)4/h12-20H,6-11H2,1-5H3. The van der Waals surface area contributed by atoms with E-state index < -0.39 is 0 Å². The van der Waals surface area contributed by atoms with Crippen molar-refractivity contribution in [3.05, 3.63) is 0 Å². The maximum Gasteiger partial charge on any atom is -0.0201 e. The zero-order valence-electron chi connectivity index (χ0n) is 16.4. The van der Waals surface area contributed by atoms with Crippen molar-refractivity contribution in [3.8, 4) is 0 Å². The van der Waals surface area contributed by atoms with Crippen molar-refractivity contribution in [3.63, 3.8) is 0 Å². The van der Waals surface area contributed by atoms with Gasteiger partial charge in [0.25, 0.3) is 0 Å². The quantitative estimate of drug-likeness (QED) is 0.478. The highest BCUT2D eigenvalue weighted by Crippen LogP contribution is 2.95. The lowest BCUT2D eigenvalue weighted by molar-refractivity contribution is -0.338. The third-order valence-electron chi connectivity index (χ3n) is 13.6. The zero-order chi connectivity index (χ0) is 16.4. The molecule has 7 saturated carbocycles. The van der Waals surface area contributed by atoms with Crippen molar-refractivity contribution in [2.75, 3.05) is 0 Å². The molecule has 4 bridgehead atoms. The largest absolute Gasteiger partial charge is 0.0622 e. The fourth-order valence-electron chi connectivity index (χ4n) is 12.9. The Morgan fingerprint density at radius 3 is 1.79 bits per heavy atom. The van der Waals surface area contributed by atoms with Gasteiger partial charge in [-0.3, -0.25) is 0 Å². The first kappa shape index (κ1) is 14.1. The van der Waals surface area contributed by atoms with Crippen LogP contribution in [0.4, 0.5) is 0 Å². The Morgan fingerprint density at radius 1 is 0.583 bits per heavy atom. The van der Waals surface area contributed by atoms with Gasteiger partial charge in [0, 0.05) is 0 Å². The first-order valence-corrected chi connectivity index (χ1v) is 11.3. The summed E-state index contributed by atoms with van der Waals surface area (Å²) in [7, 11) is 0. The van der Waals surface area contributed by atoms with Crippen molar-refractivity contribution in [2.45, 2.75) is 73.1 Å². The van der Waals surface area contributed by atoms with Crippen LogP contribution in [0.15, 0.2) is 0 Å². The minimum Gasteiger partial charge on any atom is -0.0622 e. The number of hydrogen-bond acceptors (Lipinski definition) is 0. The van der Waals surface area contributed by atoms with Gasteiger partial charge in [0.2, 0.25) is 0 Å². The molecule has 7 aliphatic carbocycles. The van der Waals surface area contributed by atoms with Gasteiger partial charge < -0.3 is 0 Å². The summed E-state index contributed by atoms with van der Waals surface area (Å²) in [6, 6.07) is 0. The summed E-state index contributed by atoms with van der Waals surface area (Å²) in [6.45, 7) is 13.8. The minimum absolute atomic E-state index is 0.716. The van der Waals surface area contributed by atoms with E-state index in [2.05, 4.69) is 34.6 Å². The van der Waals surface area contributed by atoms with Crippen LogP contribution < -0.4 is 0 Å². The number of fused-ring (bicyclic) bond motifs is 18. The van der Waals surface area contributed by atoms with Gasteiger partial charge in [0.15, 0.2) is 0 Å². The Labute approximate surface area is 148 Å². The summed E-state index contributed by atoms with van der Waals surface area (Å²) in [5.74, 6) is 9.84. The predicted molar refractivity (Wildman–Crippen MR) is 97.2 cm³/mol. The molecule has 0 aromatic heterocycles. The summed E-state index contributed by atoms with van der Waals surface area (Å²) < 4.78 is 0. The zero-order valence-corrected chi connectivity index (χ0v) is 16.4. The van der Waals surface area contributed by atoms with Crippen molar-refractivity contribution < 1.29 is 0 Å². The normalized spacial score (nSPS) is 79.1. The monoisotopic (exact) mass is 324 g/mol. The molecule has 0 heteroatoms. The Balaban J connectivity index is 1.40. The number of rotatable bonds is 0. The first-order chi connectivity index (χ1) is 11.3. The van der Waals surface area contributed by atoms with Gasteiger partial charge in [0.05, 0.1) is 0 Å². The molecule has 0 aliphatic heterocycles. The highest BCUT2D eigenvalue weighted by molar-refractivity contribution is 5.38. The van der Waals surface area contributed by atoms with Crippen LogP contribution in [0.3, 0.4) is 0 Å². The SMILES string of the molecule is CC1CC2CC1C1(C)C3C4CC(C3C21C)C1(C)C2CCCC2C41C. The summed E-state index contributed by atoms with van der Waals surface area (Å²) >= 11 is 0. The summed E-state index contributed by atoms with van der Waals surface area (Å²) in [4.78, 5) is 0. The molecule has 7 fully saturated rings. The van der Waals surface area contributed by atoms with E-state index in [0.29, 0.717) is 5.41 Å². The van der Waals surface area contributed by atoms with Crippen LogP contribution in [0.1, 0.15) is 73.1 Å². The van der Waals surface area contributed by atoms with Crippen LogP contribution in [0.2, 0.25) is 0 Å². The van der Waals surface area contributed by atoms with Gasteiger partial charge in [-0.2, -0.15) is 0 Å². The fraction of sp³-hybridized carbons (Fsp3) is 1.00. The molecule has 7 rings (SSSR count). The third kappa shape index (κ3) is 0.897. The molecule has 0 spiro atoms. The fourth-order valence-corrected chi connectivity index (χ4v) is 12.9. The average molecular weight is 325 g/mol. The Kier molecular flexibility index (Phi) is 2.01. The maximum atomic E-state index is 2.79. The van der Waals surface area contributed by atoms with Crippen LogP contribution in [-0.2, 0) is 0 Å². The molecule has 0 nitrogen and oxygen atoms in total. The Bertz CT molecular complexity index is 665. The Morgan fingerprint density at radius 2 is 1.17 bits per heavy atom. The van der Waals surface area contributed by atoms with Crippen LogP contribution in [0.25, 0.3) is 0 Å². The molecule has 0 saturated heterocycles. The first-order valence-electron chi connectivity index (χ1n) is 11.3. The van der Waals surface area contributed by atoms with E-state index in [1.807, 2.05) is 0 Å². The molecule has 13 atom stereocenters. The second kappa shape index (κ2) is 3.43. The van der Waals surface area contributed by atoms with Gasteiger partial charge in [0.1, 0.15) is 0 Å². The predicted octanol–water partition coefficient (Wildman–Crippen LogP) is 6.01. The minimum atomic E-state index is 0.716. The highest BCUT2D eigenvalue weighted by atomic mass is 14.9. The summed E-state index contributed by atoms with van der Waals surface area (Å²) in [5, 5.41) is 0. The van der Waals surface area contributed by atoms with E-state index in [4.69, 9.17) is 0 Å². The van der Waals surface area contributed by atoms with Gasteiger partial charge in [-0.25, -0.2) is 0 Å². The lowest BCUT2D eigenvalue weighted by atomic mass is 9.23. The molecule has 0 aromatic carbocycles. The molecule has 132 valence electrons. The molecule has 0 N–H and O–H groups in total. The van der Waals surface area contributed by atoms with Crippen LogP contribution in [-0.4, -0.2) is 0 Å². The van der Waals surface area contributed by atoms with Gasteiger partial charge in [-0.1, -0.05) is 41.0 Å². The molecule has 0 aromatic rings. The second-order valence-corrected chi connectivity index (χ2v) is 12.5. The molecule has 0 amide bonds. The lowest BCUT2D eigenvalue weighted by Gasteiger charge is -2.80. The maximum absolute atomic E-state index is 2.79. The Hall–Kier alpha value is 0. The van der Waals surface area contributed by atoms with E-state index >= 15 is 0 Å². The second-order valence-electron chi connectivity index (χ2n) is 12.5. The van der Waals surface area contributed by atoms with Gasteiger partial charge >= 0.3 is 0 Å². The van der Waals surface area contributed by atoms with E-state index in [-0.39, 0.29) is 0 Å².